The largest absolute Gasteiger partial charge is 0.367 e. The van der Waals surface area contributed by atoms with Gasteiger partial charge in [-0.15, -0.1) is 0 Å². The molecule has 1 N–H and O–H groups in total. The molecule has 1 unspecified atom stereocenters. The lowest BCUT2D eigenvalue weighted by Gasteiger charge is -2.27. The SMILES string of the molecule is CCCC1CN(c2cc(F)c(C)cc2F)CCCN1. The van der Waals surface area contributed by atoms with E-state index in [1.54, 1.807) is 6.92 Å². The van der Waals surface area contributed by atoms with Gasteiger partial charge < -0.3 is 10.2 Å². The molecule has 0 aliphatic carbocycles. The van der Waals surface area contributed by atoms with E-state index in [4.69, 9.17) is 0 Å². The molecule has 0 bridgehead atoms. The molecule has 0 radical (unpaired) electrons. The van der Waals surface area contributed by atoms with Crippen LogP contribution in [0, 0.1) is 18.6 Å². The Morgan fingerprint density at radius 3 is 2.84 bits per heavy atom. The quantitative estimate of drug-likeness (QED) is 0.905. The predicted octanol–water partition coefficient (Wildman–Crippen LogP) is 3.24. The average molecular weight is 268 g/mol. The van der Waals surface area contributed by atoms with Crippen molar-refractivity contribution < 1.29 is 8.78 Å². The van der Waals surface area contributed by atoms with E-state index in [2.05, 4.69) is 12.2 Å². The molecule has 1 aliphatic heterocycles. The molecular formula is C15H22F2N2. The standard InChI is InChI=1S/C15H22F2N2/c1-3-5-12-10-19(7-4-6-18-12)15-9-13(16)11(2)8-14(15)17/h8-9,12,18H,3-7,10H2,1-2H3. The molecule has 1 heterocycles. The number of nitrogens with zero attached hydrogens (tertiary/aromatic N) is 1. The van der Waals surface area contributed by atoms with Crippen LogP contribution in [0.4, 0.5) is 14.5 Å². The summed E-state index contributed by atoms with van der Waals surface area (Å²) in [4.78, 5) is 1.97. The molecule has 0 amide bonds. The molecule has 1 atom stereocenters. The Bertz CT molecular complexity index is 434. The van der Waals surface area contributed by atoms with Crippen LogP contribution in [-0.2, 0) is 0 Å². The number of hydrogen-bond donors (Lipinski definition) is 1. The van der Waals surface area contributed by atoms with Crippen LogP contribution in [0.5, 0.6) is 0 Å². The summed E-state index contributed by atoms with van der Waals surface area (Å²) in [5.41, 5.74) is 0.757. The smallest absolute Gasteiger partial charge is 0.146 e. The molecule has 19 heavy (non-hydrogen) atoms. The third-order valence-corrected chi connectivity index (χ3v) is 3.68. The Hall–Kier alpha value is -1.16. The van der Waals surface area contributed by atoms with Gasteiger partial charge in [0.25, 0.3) is 0 Å². The Morgan fingerprint density at radius 2 is 2.11 bits per heavy atom. The maximum atomic E-state index is 14.0. The molecule has 1 saturated heterocycles. The summed E-state index contributed by atoms with van der Waals surface area (Å²) in [5, 5.41) is 3.47. The van der Waals surface area contributed by atoms with Crippen molar-refractivity contribution in [1.82, 2.24) is 5.32 Å². The van der Waals surface area contributed by atoms with E-state index >= 15 is 0 Å². The fourth-order valence-corrected chi connectivity index (χ4v) is 2.64. The van der Waals surface area contributed by atoms with Gasteiger partial charge in [0.05, 0.1) is 5.69 Å². The van der Waals surface area contributed by atoms with Crippen LogP contribution >= 0.6 is 0 Å². The second kappa shape index (κ2) is 6.33. The first-order valence-electron chi connectivity index (χ1n) is 7.05. The number of hydrogen-bond acceptors (Lipinski definition) is 2. The van der Waals surface area contributed by atoms with E-state index in [0.29, 0.717) is 17.3 Å². The van der Waals surface area contributed by atoms with E-state index in [1.807, 2.05) is 4.90 Å². The zero-order valence-corrected chi connectivity index (χ0v) is 11.7. The lowest BCUT2D eigenvalue weighted by Crippen LogP contribution is -2.38. The molecule has 0 spiro atoms. The molecule has 1 fully saturated rings. The van der Waals surface area contributed by atoms with Gasteiger partial charge in [-0.1, -0.05) is 13.3 Å². The maximum Gasteiger partial charge on any atom is 0.146 e. The number of anilines is 1. The topological polar surface area (TPSA) is 15.3 Å². The summed E-state index contributed by atoms with van der Waals surface area (Å²) in [5.74, 6) is -0.656. The zero-order chi connectivity index (χ0) is 13.8. The second-order valence-corrected chi connectivity index (χ2v) is 5.29. The van der Waals surface area contributed by atoms with Crippen LogP contribution < -0.4 is 10.2 Å². The molecule has 106 valence electrons. The first kappa shape index (κ1) is 14.3. The van der Waals surface area contributed by atoms with Gasteiger partial charge in [-0.05, 0) is 37.9 Å². The summed E-state index contributed by atoms with van der Waals surface area (Å²) in [6, 6.07) is 2.98. The average Bonchev–Trinajstić information content (AvgIpc) is 2.60. The molecule has 2 rings (SSSR count). The third-order valence-electron chi connectivity index (χ3n) is 3.68. The Labute approximate surface area is 113 Å². The van der Waals surface area contributed by atoms with Crippen LogP contribution in [0.25, 0.3) is 0 Å². The van der Waals surface area contributed by atoms with Crippen LogP contribution in [0.1, 0.15) is 31.7 Å². The minimum Gasteiger partial charge on any atom is -0.367 e. The number of nitrogens with one attached hydrogen (secondary N) is 1. The van der Waals surface area contributed by atoms with Crippen molar-refractivity contribution in [2.24, 2.45) is 0 Å². The molecule has 2 nitrogen and oxygen atoms in total. The van der Waals surface area contributed by atoms with Gasteiger partial charge in [-0.2, -0.15) is 0 Å². The predicted molar refractivity (Wildman–Crippen MR) is 74.6 cm³/mol. The highest BCUT2D eigenvalue weighted by molar-refractivity contribution is 5.50. The molecule has 0 aromatic heterocycles. The highest BCUT2D eigenvalue weighted by Crippen LogP contribution is 2.24. The molecule has 1 aromatic rings. The van der Waals surface area contributed by atoms with Crippen molar-refractivity contribution in [3.05, 3.63) is 29.3 Å². The normalized spacial score (nSPS) is 20.4. The fraction of sp³-hybridized carbons (Fsp3) is 0.600. The van der Waals surface area contributed by atoms with Crippen molar-refractivity contribution in [3.8, 4) is 0 Å². The summed E-state index contributed by atoms with van der Waals surface area (Å²) >= 11 is 0. The third kappa shape index (κ3) is 3.44. The van der Waals surface area contributed by atoms with E-state index < -0.39 is 0 Å². The van der Waals surface area contributed by atoms with E-state index in [-0.39, 0.29) is 11.6 Å². The number of benzene rings is 1. The number of rotatable bonds is 3. The van der Waals surface area contributed by atoms with Gasteiger partial charge in [0.2, 0.25) is 0 Å². The van der Waals surface area contributed by atoms with Gasteiger partial charge in [-0.25, -0.2) is 8.78 Å². The van der Waals surface area contributed by atoms with Crippen molar-refractivity contribution >= 4 is 5.69 Å². The lowest BCUT2D eigenvalue weighted by atomic mass is 10.1. The Morgan fingerprint density at radius 1 is 1.32 bits per heavy atom. The Kier molecular flexibility index (Phi) is 4.75. The van der Waals surface area contributed by atoms with Gasteiger partial charge >= 0.3 is 0 Å². The van der Waals surface area contributed by atoms with Crippen molar-refractivity contribution in [3.63, 3.8) is 0 Å². The molecular weight excluding hydrogens is 246 g/mol. The first-order chi connectivity index (χ1) is 9.11. The molecule has 1 aromatic carbocycles. The van der Waals surface area contributed by atoms with Crippen LogP contribution in [0.15, 0.2) is 12.1 Å². The minimum absolute atomic E-state index is 0.323. The Balaban J connectivity index is 2.21. The summed E-state index contributed by atoms with van der Waals surface area (Å²) in [6.45, 7) is 6.19. The van der Waals surface area contributed by atoms with Crippen molar-refractivity contribution in [1.29, 1.82) is 0 Å². The van der Waals surface area contributed by atoms with Crippen LogP contribution in [0.2, 0.25) is 0 Å². The first-order valence-corrected chi connectivity index (χ1v) is 7.05. The monoisotopic (exact) mass is 268 g/mol. The van der Waals surface area contributed by atoms with E-state index in [0.717, 1.165) is 38.9 Å². The minimum atomic E-state index is -0.333. The maximum absolute atomic E-state index is 14.0. The van der Waals surface area contributed by atoms with Crippen LogP contribution in [0.3, 0.4) is 0 Å². The highest BCUT2D eigenvalue weighted by Gasteiger charge is 2.20. The molecule has 1 aliphatic rings. The van der Waals surface area contributed by atoms with Crippen LogP contribution in [-0.4, -0.2) is 25.7 Å². The summed E-state index contributed by atoms with van der Waals surface area (Å²) in [7, 11) is 0. The van der Waals surface area contributed by atoms with Gasteiger partial charge in [0, 0.05) is 25.2 Å². The van der Waals surface area contributed by atoms with Crippen molar-refractivity contribution in [2.45, 2.75) is 39.2 Å². The van der Waals surface area contributed by atoms with E-state index in [1.165, 1.54) is 12.1 Å². The molecule has 0 saturated carbocycles. The molecule has 4 heteroatoms. The lowest BCUT2D eigenvalue weighted by molar-refractivity contribution is 0.500. The summed E-state index contributed by atoms with van der Waals surface area (Å²) < 4.78 is 27.7. The summed E-state index contributed by atoms with van der Waals surface area (Å²) in [6.07, 6.45) is 3.11. The van der Waals surface area contributed by atoms with E-state index in [9.17, 15) is 8.78 Å². The van der Waals surface area contributed by atoms with Gasteiger partial charge in [0.15, 0.2) is 0 Å². The zero-order valence-electron chi connectivity index (χ0n) is 11.7. The second-order valence-electron chi connectivity index (χ2n) is 5.29. The highest BCUT2D eigenvalue weighted by atomic mass is 19.1. The fourth-order valence-electron chi connectivity index (χ4n) is 2.64. The van der Waals surface area contributed by atoms with Gasteiger partial charge in [-0.3, -0.25) is 0 Å². The van der Waals surface area contributed by atoms with Gasteiger partial charge in [0.1, 0.15) is 11.6 Å². The number of halogens is 2. The number of aryl methyl sites for hydroxylation is 1. The van der Waals surface area contributed by atoms with Crippen molar-refractivity contribution in [2.75, 3.05) is 24.5 Å².